The van der Waals surface area contributed by atoms with E-state index in [0.29, 0.717) is 12.5 Å². The minimum atomic E-state index is -4.70. The van der Waals surface area contributed by atoms with Crippen LogP contribution in [0.2, 0.25) is 0 Å². The fourth-order valence-corrected chi connectivity index (χ4v) is 1.77. The van der Waals surface area contributed by atoms with Crippen LogP contribution in [0.3, 0.4) is 0 Å². The Morgan fingerprint density at radius 1 is 1.12 bits per heavy atom. The fourth-order valence-electron chi connectivity index (χ4n) is 1.77. The number of alkyl halides is 3. The minimum Gasteiger partial charge on any atom is -0.352 e. The van der Waals surface area contributed by atoms with Crippen molar-refractivity contribution in [1.29, 1.82) is 0 Å². The highest BCUT2D eigenvalue weighted by Crippen LogP contribution is 2.31. The van der Waals surface area contributed by atoms with E-state index < -0.39 is 23.5 Å². The molecule has 1 aromatic heterocycles. The van der Waals surface area contributed by atoms with E-state index in [1.165, 1.54) is 0 Å². The first-order chi connectivity index (χ1) is 11.2. The maximum absolute atomic E-state index is 13.6. The molecular formula is C15H15F5N4. The molecule has 2 N–H and O–H groups in total. The standard InChI is InChI=1S/C15H15F5N4/c1-3-8(2)21-14-23-12(15(18,19)20)7-13(24-14)22-11-6-9(16)4-5-10(11)17/h4-8H,3H2,1-2H3,(H2,21,22,23,24)/t8-/m1/s1. The van der Waals surface area contributed by atoms with Crippen LogP contribution in [0, 0.1) is 11.6 Å². The molecule has 4 nitrogen and oxygen atoms in total. The lowest BCUT2D eigenvalue weighted by atomic mass is 10.2. The maximum atomic E-state index is 13.6. The van der Waals surface area contributed by atoms with Crippen molar-refractivity contribution < 1.29 is 22.0 Å². The first-order valence-electron chi connectivity index (χ1n) is 7.14. The number of benzene rings is 1. The molecule has 1 atom stereocenters. The second kappa shape index (κ2) is 6.98. The van der Waals surface area contributed by atoms with Crippen LogP contribution < -0.4 is 10.6 Å². The van der Waals surface area contributed by atoms with Gasteiger partial charge in [-0.15, -0.1) is 0 Å². The molecule has 24 heavy (non-hydrogen) atoms. The number of halogens is 5. The van der Waals surface area contributed by atoms with E-state index >= 15 is 0 Å². The van der Waals surface area contributed by atoms with Crippen molar-refractivity contribution in [1.82, 2.24) is 9.97 Å². The van der Waals surface area contributed by atoms with Crippen LogP contribution in [-0.4, -0.2) is 16.0 Å². The highest BCUT2D eigenvalue weighted by atomic mass is 19.4. The molecule has 0 bridgehead atoms. The zero-order valence-electron chi connectivity index (χ0n) is 12.9. The number of aromatic nitrogens is 2. The van der Waals surface area contributed by atoms with Gasteiger partial charge in [-0.25, -0.2) is 13.8 Å². The molecule has 1 heterocycles. The van der Waals surface area contributed by atoms with Crippen LogP contribution in [0.15, 0.2) is 24.3 Å². The fraction of sp³-hybridized carbons (Fsp3) is 0.333. The first-order valence-corrected chi connectivity index (χ1v) is 7.14. The zero-order chi connectivity index (χ0) is 17.9. The lowest BCUT2D eigenvalue weighted by Crippen LogP contribution is -2.18. The molecule has 0 saturated heterocycles. The lowest BCUT2D eigenvalue weighted by molar-refractivity contribution is -0.141. The summed E-state index contributed by atoms with van der Waals surface area (Å²) < 4.78 is 65.7. The highest BCUT2D eigenvalue weighted by molar-refractivity contribution is 5.58. The summed E-state index contributed by atoms with van der Waals surface area (Å²) in [7, 11) is 0. The Kier molecular flexibility index (Phi) is 5.20. The normalized spacial score (nSPS) is 12.8. The second-order valence-corrected chi connectivity index (χ2v) is 5.16. The van der Waals surface area contributed by atoms with Crippen LogP contribution in [0.4, 0.5) is 39.4 Å². The number of rotatable bonds is 5. The summed E-state index contributed by atoms with van der Waals surface area (Å²) in [5, 5.41) is 5.08. The van der Waals surface area contributed by atoms with Gasteiger partial charge in [0.15, 0.2) is 5.69 Å². The SMILES string of the molecule is CC[C@@H](C)Nc1nc(Nc2cc(F)ccc2F)cc(C(F)(F)F)n1. The van der Waals surface area contributed by atoms with Crippen LogP contribution >= 0.6 is 0 Å². The van der Waals surface area contributed by atoms with Crippen LogP contribution in [0.5, 0.6) is 0 Å². The number of hydrogen-bond donors (Lipinski definition) is 2. The molecule has 0 amide bonds. The van der Waals surface area contributed by atoms with Gasteiger partial charge in [-0.05, 0) is 25.5 Å². The molecule has 0 saturated carbocycles. The monoisotopic (exact) mass is 346 g/mol. The summed E-state index contributed by atoms with van der Waals surface area (Å²) in [4.78, 5) is 7.30. The predicted molar refractivity (Wildman–Crippen MR) is 80.1 cm³/mol. The Morgan fingerprint density at radius 3 is 2.46 bits per heavy atom. The number of anilines is 3. The van der Waals surface area contributed by atoms with Crippen molar-refractivity contribution in [2.75, 3.05) is 10.6 Å². The summed E-state index contributed by atoms with van der Waals surface area (Å²) in [5.41, 5.74) is -1.51. The molecule has 0 aliphatic heterocycles. The van der Waals surface area contributed by atoms with Gasteiger partial charge in [0.05, 0.1) is 5.69 Å². The smallest absolute Gasteiger partial charge is 0.352 e. The van der Waals surface area contributed by atoms with Crippen molar-refractivity contribution in [3.63, 3.8) is 0 Å². The van der Waals surface area contributed by atoms with E-state index in [9.17, 15) is 22.0 Å². The Morgan fingerprint density at radius 2 is 1.83 bits per heavy atom. The van der Waals surface area contributed by atoms with Crippen molar-refractivity contribution >= 4 is 17.5 Å². The zero-order valence-corrected chi connectivity index (χ0v) is 12.9. The van der Waals surface area contributed by atoms with Crippen molar-refractivity contribution in [2.45, 2.75) is 32.5 Å². The summed E-state index contributed by atoms with van der Waals surface area (Å²) in [6.07, 6.45) is -4.06. The molecule has 0 aliphatic carbocycles. The van der Waals surface area contributed by atoms with Gasteiger partial charge >= 0.3 is 6.18 Å². The lowest BCUT2D eigenvalue weighted by Gasteiger charge is -2.15. The Hall–Kier alpha value is -2.45. The highest BCUT2D eigenvalue weighted by Gasteiger charge is 2.34. The van der Waals surface area contributed by atoms with E-state index in [1.54, 1.807) is 6.92 Å². The number of hydrogen-bond acceptors (Lipinski definition) is 4. The molecule has 2 aromatic rings. The molecule has 0 fully saturated rings. The molecule has 0 unspecified atom stereocenters. The molecule has 0 spiro atoms. The van der Waals surface area contributed by atoms with E-state index in [-0.39, 0.29) is 23.5 Å². The van der Waals surface area contributed by atoms with Gasteiger partial charge in [-0.2, -0.15) is 18.2 Å². The Balaban J connectivity index is 2.40. The second-order valence-electron chi connectivity index (χ2n) is 5.16. The third-order valence-corrected chi connectivity index (χ3v) is 3.20. The molecule has 2 rings (SSSR count). The topological polar surface area (TPSA) is 49.8 Å². The average molecular weight is 346 g/mol. The van der Waals surface area contributed by atoms with Gasteiger partial charge in [-0.3, -0.25) is 0 Å². The van der Waals surface area contributed by atoms with E-state index in [0.717, 1.165) is 18.2 Å². The van der Waals surface area contributed by atoms with Crippen molar-refractivity contribution in [2.24, 2.45) is 0 Å². The van der Waals surface area contributed by atoms with Crippen LogP contribution in [0.1, 0.15) is 26.0 Å². The number of nitrogens with zero attached hydrogens (tertiary/aromatic N) is 2. The molecule has 9 heteroatoms. The Bertz CT molecular complexity index is 717. The molecule has 0 radical (unpaired) electrons. The summed E-state index contributed by atoms with van der Waals surface area (Å²) in [5.74, 6) is -2.10. The molecule has 0 aliphatic rings. The van der Waals surface area contributed by atoms with Crippen molar-refractivity contribution in [3.05, 3.63) is 41.6 Å². The largest absolute Gasteiger partial charge is 0.433 e. The number of nitrogens with one attached hydrogen (secondary N) is 2. The van der Waals surface area contributed by atoms with Gasteiger partial charge in [0.25, 0.3) is 0 Å². The summed E-state index contributed by atoms with van der Waals surface area (Å²) >= 11 is 0. The van der Waals surface area contributed by atoms with Crippen molar-refractivity contribution in [3.8, 4) is 0 Å². The predicted octanol–water partition coefficient (Wildman–Crippen LogP) is 4.73. The van der Waals surface area contributed by atoms with Gasteiger partial charge < -0.3 is 10.6 Å². The van der Waals surface area contributed by atoms with Gasteiger partial charge in [0.1, 0.15) is 17.5 Å². The Labute approximate surface area is 135 Å². The van der Waals surface area contributed by atoms with Gasteiger partial charge in [-0.1, -0.05) is 6.92 Å². The van der Waals surface area contributed by atoms with E-state index in [4.69, 9.17) is 0 Å². The minimum absolute atomic E-state index is 0.160. The summed E-state index contributed by atoms with van der Waals surface area (Å²) in [6.45, 7) is 3.59. The van der Waals surface area contributed by atoms with Gasteiger partial charge in [0.2, 0.25) is 5.95 Å². The van der Waals surface area contributed by atoms with E-state index in [1.807, 2.05) is 6.92 Å². The summed E-state index contributed by atoms with van der Waals surface area (Å²) in [6, 6.07) is 3.06. The average Bonchev–Trinajstić information content (AvgIpc) is 2.49. The van der Waals surface area contributed by atoms with Crippen LogP contribution in [-0.2, 0) is 6.18 Å². The quantitative estimate of drug-likeness (QED) is 0.769. The molecule has 1 aromatic carbocycles. The first kappa shape index (κ1) is 17.9. The molecular weight excluding hydrogens is 331 g/mol. The third kappa shape index (κ3) is 4.53. The van der Waals surface area contributed by atoms with E-state index in [2.05, 4.69) is 20.6 Å². The maximum Gasteiger partial charge on any atom is 0.433 e. The molecule has 130 valence electrons. The van der Waals surface area contributed by atoms with Crippen LogP contribution in [0.25, 0.3) is 0 Å². The van der Waals surface area contributed by atoms with Gasteiger partial charge in [0, 0.05) is 18.2 Å². The third-order valence-electron chi connectivity index (χ3n) is 3.20.